The first-order valence-electron chi connectivity index (χ1n) is 6.05. The first kappa shape index (κ1) is 15.6. The molecule has 0 fully saturated rings. The molecule has 0 atom stereocenters. The van der Waals surface area contributed by atoms with Gasteiger partial charge in [-0.05, 0) is 41.1 Å². The molecule has 0 spiro atoms. The minimum Gasteiger partial charge on any atom is -0.298 e. The van der Waals surface area contributed by atoms with Crippen molar-refractivity contribution < 1.29 is 4.79 Å². The zero-order valence-electron chi connectivity index (χ0n) is 11.2. The Morgan fingerprint density at radius 1 is 1.50 bits per heavy atom. The van der Waals surface area contributed by atoms with Gasteiger partial charge in [0.05, 0.1) is 28.0 Å². The lowest BCUT2D eigenvalue weighted by Gasteiger charge is -2.04. The Morgan fingerprint density at radius 2 is 2.25 bits per heavy atom. The van der Waals surface area contributed by atoms with E-state index in [1.54, 1.807) is 4.68 Å². The summed E-state index contributed by atoms with van der Waals surface area (Å²) in [5.74, 6) is 0.593. The smallest absolute Gasteiger partial charge is 0.149 e. The summed E-state index contributed by atoms with van der Waals surface area (Å²) in [7, 11) is 1.85. The molecule has 0 aliphatic rings. The fourth-order valence-corrected chi connectivity index (χ4v) is 3.38. The van der Waals surface area contributed by atoms with Crippen LogP contribution in [0.5, 0.6) is 0 Å². The van der Waals surface area contributed by atoms with E-state index >= 15 is 0 Å². The molecule has 106 valence electrons. The van der Waals surface area contributed by atoms with Crippen LogP contribution in [0, 0.1) is 6.92 Å². The topological polar surface area (TPSA) is 34.9 Å². The zero-order chi connectivity index (χ0) is 14.7. The lowest BCUT2D eigenvalue weighted by Crippen LogP contribution is -2.10. The van der Waals surface area contributed by atoms with E-state index in [-0.39, 0.29) is 5.78 Å². The molecule has 0 saturated heterocycles. The van der Waals surface area contributed by atoms with Crippen LogP contribution in [0.4, 0.5) is 0 Å². The minimum absolute atomic E-state index is 0.165. The second kappa shape index (κ2) is 6.78. The SMILES string of the molecule is Cc1nn(C)c(CC(=O)CSc2cccc(Cl)c2)c1Br. The Kier molecular flexibility index (Phi) is 5.29. The number of rotatable bonds is 5. The molecule has 20 heavy (non-hydrogen) atoms. The van der Waals surface area contributed by atoms with Crippen molar-refractivity contribution in [3.8, 4) is 0 Å². The number of ketones is 1. The van der Waals surface area contributed by atoms with Gasteiger partial charge in [-0.3, -0.25) is 9.48 Å². The predicted molar refractivity (Wildman–Crippen MR) is 86.5 cm³/mol. The predicted octanol–water partition coefficient (Wildman–Crippen LogP) is 4.05. The molecule has 0 radical (unpaired) electrons. The number of hydrogen-bond donors (Lipinski definition) is 0. The van der Waals surface area contributed by atoms with E-state index in [2.05, 4.69) is 21.0 Å². The molecule has 2 aromatic rings. The van der Waals surface area contributed by atoms with Crippen molar-refractivity contribution >= 4 is 45.1 Å². The molecule has 0 N–H and O–H groups in total. The maximum Gasteiger partial charge on any atom is 0.149 e. The lowest BCUT2D eigenvalue weighted by atomic mass is 10.2. The number of thioether (sulfide) groups is 1. The summed E-state index contributed by atoms with van der Waals surface area (Å²) in [5.41, 5.74) is 1.82. The molecule has 0 bridgehead atoms. The number of carbonyl (C=O) groups is 1. The molecule has 0 unspecified atom stereocenters. The van der Waals surface area contributed by atoms with E-state index in [9.17, 15) is 4.79 Å². The number of hydrogen-bond acceptors (Lipinski definition) is 3. The summed E-state index contributed by atoms with van der Waals surface area (Å²) in [6, 6.07) is 7.52. The van der Waals surface area contributed by atoms with Gasteiger partial charge in [0, 0.05) is 17.0 Å². The van der Waals surface area contributed by atoms with E-state index in [0.717, 1.165) is 20.8 Å². The molecule has 2 rings (SSSR count). The monoisotopic (exact) mass is 372 g/mol. The van der Waals surface area contributed by atoms with Gasteiger partial charge in [0.1, 0.15) is 5.78 Å². The number of Topliss-reactive ketones (excluding diaryl/α,β-unsaturated/α-hetero) is 1. The number of aromatic nitrogens is 2. The third-order valence-corrected chi connectivity index (χ3v) is 5.14. The number of carbonyl (C=O) groups excluding carboxylic acids is 1. The minimum atomic E-state index is 0.165. The second-order valence-electron chi connectivity index (χ2n) is 4.43. The highest BCUT2D eigenvalue weighted by Crippen LogP contribution is 2.24. The molecule has 6 heteroatoms. The summed E-state index contributed by atoms with van der Waals surface area (Å²) in [6.45, 7) is 1.92. The van der Waals surface area contributed by atoms with Gasteiger partial charge >= 0.3 is 0 Å². The lowest BCUT2D eigenvalue weighted by molar-refractivity contribution is -0.116. The number of nitrogens with zero attached hydrogens (tertiary/aromatic N) is 2. The number of benzene rings is 1. The van der Waals surface area contributed by atoms with Crippen molar-refractivity contribution in [2.45, 2.75) is 18.2 Å². The molecule has 3 nitrogen and oxygen atoms in total. The maximum absolute atomic E-state index is 12.1. The van der Waals surface area contributed by atoms with Gasteiger partial charge in [-0.15, -0.1) is 11.8 Å². The van der Waals surface area contributed by atoms with E-state index < -0.39 is 0 Å². The van der Waals surface area contributed by atoms with Crippen LogP contribution in [0.2, 0.25) is 5.02 Å². The van der Waals surface area contributed by atoms with Crippen LogP contribution in [0.15, 0.2) is 33.6 Å². The molecule has 0 amide bonds. The van der Waals surface area contributed by atoms with E-state index in [0.29, 0.717) is 17.2 Å². The quantitative estimate of drug-likeness (QED) is 0.742. The molecular weight excluding hydrogens is 360 g/mol. The van der Waals surface area contributed by atoms with Gasteiger partial charge in [-0.1, -0.05) is 17.7 Å². The standard InChI is InChI=1S/C14H14BrClN2OS/c1-9-14(15)13(18(2)17-9)7-11(19)8-20-12-5-3-4-10(16)6-12/h3-6H,7-8H2,1-2H3. The van der Waals surface area contributed by atoms with E-state index in [4.69, 9.17) is 11.6 Å². The van der Waals surface area contributed by atoms with Crippen molar-refractivity contribution in [2.75, 3.05) is 5.75 Å². The fourth-order valence-electron chi connectivity index (χ4n) is 1.83. The first-order chi connectivity index (χ1) is 9.47. The Labute approximate surface area is 135 Å². The van der Waals surface area contributed by atoms with E-state index in [1.807, 2.05) is 38.2 Å². The highest BCUT2D eigenvalue weighted by Gasteiger charge is 2.14. The Morgan fingerprint density at radius 3 is 2.85 bits per heavy atom. The van der Waals surface area contributed by atoms with Crippen molar-refractivity contribution in [3.05, 3.63) is 45.1 Å². The summed E-state index contributed by atoms with van der Waals surface area (Å²) < 4.78 is 2.67. The highest BCUT2D eigenvalue weighted by molar-refractivity contribution is 9.10. The van der Waals surface area contributed by atoms with Crippen LogP contribution >= 0.6 is 39.3 Å². The molecular formula is C14H14BrClN2OS. The molecule has 0 aliphatic heterocycles. The van der Waals surface area contributed by atoms with Gasteiger partial charge in [0.2, 0.25) is 0 Å². The van der Waals surface area contributed by atoms with Crippen molar-refractivity contribution in [3.63, 3.8) is 0 Å². The van der Waals surface area contributed by atoms with Crippen molar-refractivity contribution in [1.29, 1.82) is 0 Å². The average Bonchev–Trinajstić information content (AvgIpc) is 2.63. The summed E-state index contributed by atoms with van der Waals surface area (Å²) in [6.07, 6.45) is 0.380. The summed E-state index contributed by atoms with van der Waals surface area (Å²) >= 11 is 10.9. The van der Waals surface area contributed by atoms with Gasteiger partial charge in [-0.25, -0.2) is 0 Å². The maximum atomic E-state index is 12.1. The van der Waals surface area contributed by atoms with Crippen LogP contribution in [0.1, 0.15) is 11.4 Å². The summed E-state index contributed by atoms with van der Waals surface area (Å²) in [4.78, 5) is 13.1. The fraction of sp³-hybridized carbons (Fsp3) is 0.286. The summed E-state index contributed by atoms with van der Waals surface area (Å²) in [5, 5.41) is 4.97. The highest BCUT2D eigenvalue weighted by atomic mass is 79.9. The number of aryl methyl sites for hydroxylation is 2. The van der Waals surface area contributed by atoms with Crippen LogP contribution in [0.3, 0.4) is 0 Å². The largest absolute Gasteiger partial charge is 0.298 e. The molecule has 1 aromatic carbocycles. The molecule has 0 saturated carbocycles. The van der Waals surface area contributed by atoms with E-state index in [1.165, 1.54) is 11.8 Å². The zero-order valence-corrected chi connectivity index (χ0v) is 14.3. The number of halogens is 2. The Balaban J connectivity index is 1.96. The van der Waals surface area contributed by atoms with Crippen molar-refractivity contribution in [2.24, 2.45) is 7.05 Å². The van der Waals surface area contributed by atoms with Crippen molar-refractivity contribution in [1.82, 2.24) is 9.78 Å². The normalized spacial score (nSPS) is 10.8. The Hall–Kier alpha value is -0.780. The van der Waals surface area contributed by atoms with Crippen LogP contribution in [0.25, 0.3) is 0 Å². The average molecular weight is 374 g/mol. The van der Waals surface area contributed by atoms with Crippen LogP contribution in [-0.2, 0) is 18.3 Å². The first-order valence-corrected chi connectivity index (χ1v) is 8.21. The van der Waals surface area contributed by atoms with Gasteiger partial charge in [-0.2, -0.15) is 5.10 Å². The third-order valence-electron chi connectivity index (χ3n) is 2.82. The van der Waals surface area contributed by atoms with Crippen LogP contribution < -0.4 is 0 Å². The van der Waals surface area contributed by atoms with Gasteiger partial charge < -0.3 is 0 Å². The van der Waals surface area contributed by atoms with Crippen LogP contribution in [-0.4, -0.2) is 21.3 Å². The third kappa shape index (κ3) is 3.87. The van der Waals surface area contributed by atoms with Gasteiger partial charge in [0.25, 0.3) is 0 Å². The molecule has 1 heterocycles. The molecule has 0 aliphatic carbocycles. The molecule has 1 aromatic heterocycles. The van der Waals surface area contributed by atoms with Gasteiger partial charge in [0.15, 0.2) is 0 Å². The Bertz CT molecular complexity index is 642. The second-order valence-corrected chi connectivity index (χ2v) is 6.71.